The fraction of sp³-hybridized carbons (Fsp3) is 0.462. The Morgan fingerprint density at radius 1 is 1.43 bits per heavy atom. The molecule has 0 saturated heterocycles. The van der Waals surface area contributed by atoms with Crippen molar-refractivity contribution in [2.45, 2.75) is 34.1 Å². The molecular weight excluding hydrogens is 172 g/mol. The summed E-state index contributed by atoms with van der Waals surface area (Å²) in [4.78, 5) is 11.7. The summed E-state index contributed by atoms with van der Waals surface area (Å²) in [5.74, 6) is 0.140. The lowest BCUT2D eigenvalue weighted by Gasteiger charge is -2.29. The number of hydrogen-bond acceptors (Lipinski definition) is 1. The quantitative estimate of drug-likeness (QED) is 0.610. The van der Waals surface area contributed by atoms with Gasteiger partial charge in [-0.15, -0.1) is 0 Å². The number of hydrogen-bond donors (Lipinski definition) is 0. The van der Waals surface area contributed by atoms with Crippen LogP contribution in [-0.2, 0) is 4.79 Å². The average Bonchev–Trinajstić information content (AvgIpc) is 2.01. The van der Waals surface area contributed by atoms with Crippen molar-refractivity contribution in [1.82, 2.24) is 0 Å². The Labute approximate surface area is 86.2 Å². The number of carbonyl (C=O) groups is 1. The summed E-state index contributed by atoms with van der Waals surface area (Å²) in [6, 6.07) is 0. The highest BCUT2D eigenvalue weighted by atomic mass is 16.1. The summed E-state index contributed by atoms with van der Waals surface area (Å²) in [6.45, 7) is 8.22. The van der Waals surface area contributed by atoms with E-state index in [2.05, 4.69) is 20.8 Å². The zero-order chi connectivity index (χ0) is 10.8. The Kier molecular flexibility index (Phi) is 3.10. The molecule has 0 heterocycles. The van der Waals surface area contributed by atoms with E-state index in [1.807, 2.05) is 19.1 Å². The molecule has 0 saturated carbocycles. The van der Waals surface area contributed by atoms with Gasteiger partial charge in [0.2, 0.25) is 0 Å². The predicted octanol–water partition coefficient (Wildman–Crippen LogP) is 3.43. The fourth-order valence-electron chi connectivity index (χ4n) is 1.96. The molecule has 0 unspecified atom stereocenters. The van der Waals surface area contributed by atoms with E-state index < -0.39 is 0 Å². The second-order valence-corrected chi connectivity index (χ2v) is 4.52. The van der Waals surface area contributed by atoms with Crippen molar-refractivity contribution in [2.75, 3.05) is 0 Å². The van der Waals surface area contributed by atoms with Gasteiger partial charge in [0, 0.05) is 5.57 Å². The lowest BCUT2D eigenvalue weighted by Crippen LogP contribution is -2.22. The monoisotopic (exact) mass is 190 g/mol. The van der Waals surface area contributed by atoms with Crippen LogP contribution in [0.4, 0.5) is 0 Å². The standard InChI is InChI=1S/C13H18O/c1-5-6-12(14)11-8-7-10(2)9-13(11,3)4/h5-8H,9H2,1-4H3/b6-5-. The van der Waals surface area contributed by atoms with Crippen LogP contribution in [-0.4, -0.2) is 5.78 Å². The Bertz CT molecular complexity index is 327. The van der Waals surface area contributed by atoms with Crippen LogP contribution in [0.2, 0.25) is 0 Å². The van der Waals surface area contributed by atoms with Crippen LogP contribution in [0.3, 0.4) is 0 Å². The van der Waals surface area contributed by atoms with Gasteiger partial charge in [-0.2, -0.15) is 0 Å². The van der Waals surface area contributed by atoms with E-state index >= 15 is 0 Å². The maximum absolute atomic E-state index is 11.7. The molecule has 0 radical (unpaired) electrons. The van der Waals surface area contributed by atoms with Crippen molar-refractivity contribution in [2.24, 2.45) is 5.41 Å². The smallest absolute Gasteiger partial charge is 0.182 e. The van der Waals surface area contributed by atoms with E-state index in [1.54, 1.807) is 12.2 Å². The van der Waals surface area contributed by atoms with Gasteiger partial charge in [-0.05, 0) is 31.8 Å². The number of ketones is 1. The van der Waals surface area contributed by atoms with Gasteiger partial charge in [0.25, 0.3) is 0 Å². The molecule has 0 atom stereocenters. The molecule has 0 aliphatic heterocycles. The van der Waals surface area contributed by atoms with Crippen molar-refractivity contribution in [3.05, 3.63) is 35.5 Å². The molecule has 0 aromatic carbocycles. The maximum atomic E-state index is 11.7. The summed E-state index contributed by atoms with van der Waals surface area (Å²) in [5, 5.41) is 0. The molecule has 0 amide bonds. The molecule has 14 heavy (non-hydrogen) atoms. The van der Waals surface area contributed by atoms with E-state index in [0.717, 1.165) is 12.0 Å². The van der Waals surface area contributed by atoms with Gasteiger partial charge in [0.1, 0.15) is 0 Å². The molecule has 1 nitrogen and oxygen atoms in total. The van der Waals surface area contributed by atoms with Gasteiger partial charge < -0.3 is 0 Å². The Morgan fingerprint density at radius 2 is 2.07 bits per heavy atom. The third-order valence-electron chi connectivity index (χ3n) is 2.57. The summed E-state index contributed by atoms with van der Waals surface area (Å²) in [7, 11) is 0. The lowest BCUT2D eigenvalue weighted by atomic mass is 9.74. The first-order valence-electron chi connectivity index (χ1n) is 5.02. The number of allylic oxidation sites excluding steroid dienone is 6. The first-order valence-corrected chi connectivity index (χ1v) is 5.02. The first kappa shape index (κ1) is 11.0. The fourth-order valence-corrected chi connectivity index (χ4v) is 1.96. The third kappa shape index (κ3) is 2.22. The van der Waals surface area contributed by atoms with Crippen LogP contribution in [0.1, 0.15) is 34.1 Å². The third-order valence-corrected chi connectivity index (χ3v) is 2.57. The van der Waals surface area contributed by atoms with Crippen LogP contribution in [0.15, 0.2) is 35.5 Å². The summed E-state index contributed by atoms with van der Waals surface area (Å²) in [5.41, 5.74) is 2.24. The van der Waals surface area contributed by atoms with Gasteiger partial charge in [0.05, 0.1) is 0 Å². The molecule has 1 rings (SSSR count). The van der Waals surface area contributed by atoms with Crippen LogP contribution < -0.4 is 0 Å². The van der Waals surface area contributed by atoms with Crippen molar-refractivity contribution in [3.63, 3.8) is 0 Å². The highest BCUT2D eigenvalue weighted by molar-refractivity contribution is 6.05. The largest absolute Gasteiger partial charge is 0.290 e. The predicted molar refractivity (Wildman–Crippen MR) is 60.1 cm³/mol. The van der Waals surface area contributed by atoms with E-state index in [-0.39, 0.29) is 11.2 Å². The summed E-state index contributed by atoms with van der Waals surface area (Å²) >= 11 is 0. The molecule has 1 heteroatoms. The van der Waals surface area contributed by atoms with Crippen molar-refractivity contribution in [1.29, 1.82) is 0 Å². The zero-order valence-corrected chi connectivity index (χ0v) is 9.42. The molecule has 0 spiro atoms. The highest BCUT2D eigenvalue weighted by Gasteiger charge is 2.29. The normalized spacial score (nSPS) is 20.6. The minimum atomic E-state index is -0.0184. The molecule has 0 bridgehead atoms. The molecule has 0 aromatic heterocycles. The van der Waals surface area contributed by atoms with Crippen LogP contribution >= 0.6 is 0 Å². The second-order valence-electron chi connectivity index (χ2n) is 4.52. The van der Waals surface area contributed by atoms with Gasteiger partial charge in [-0.3, -0.25) is 4.79 Å². The van der Waals surface area contributed by atoms with Gasteiger partial charge in [-0.1, -0.05) is 37.6 Å². The summed E-state index contributed by atoms with van der Waals surface area (Å²) in [6.07, 6.45) is 8.41. The Hall–Kier alpha value is -1.11. The molecular formula is C13H18O. The average molecular weight is 190 g/mol. The summed E-state index contributed by atoms with van der Waals surface area (Å²) < 4.78 is 0. The van der Waals surface area contributed by atoms with Gasteiger partial charge in [-0.25, -0.2) is 0 Å². The number of carbonyl (C=O) groups excluding carboxylic acids is 1. The van der Waals surface area contributed by atoms with Gasteiger partial charge >= 0.3 is 0 Å². The topological polar surface area (TPSA) is 17.1 Å². The maximum Gasteiger partial charge on any atom is 0.182 e. The second kappa shape index (κ2) is 3.95. The van der Waals surface area contributed by atoms with E-state index in [0.29, 0.717) is 0 Å². The SMILES string of the molecule is C/C=C\C(=O)C1=CC=C(C)CC1(C)C. The van der Waals surface area contributed by atoms with Crippen molar-refractivity contribution in [3.8, 4) is 0 Å². The highest BCUT2D eigenvalue weighted by Crippen LogP contribution is 2.37. The molecule has 0 fully saturated rings. The Balaban J connectivity index is 3.02. The van der Waals surface area contributed by atoms with Gasteiger partial charge in [0.15, 0.2) is 5.78 Å². The van der Waals surface area contributed by atoms with Crippen molar-refractivity contribution < 1.29 is 4.79 Å². The van der Waals surface area contributed by atoms with E-state index in [4.69, 9.17) is 0 Å². The lowest BCUT2D eigenvalue weighted by molar-refractivity contribution is -0.112. The van der Waals surface area contributed by atoms with Crippen LogP contribution in [0.25, 0.3) is 0 Å². The van der Waals surface area contributed by atoms with Crippen LogP contribution in [0, 0.1) is 5.41 Å². The number of rotatable bonds is 2. The molecule has 1 aliphatic carbocycles. The molecule has 0 aromatic rings. The first-order chi connectivity index (χ1) is 6.47. The van der Waals surface area contributed by atoms with Crippen LogP contribution in [0.5, 0.6) is 0 Å². The minimum Gasteiger partial charge on any atom is -0.290 e. The molecule has 1 aliphatic rings. The minimum absolute atomic E-state index is 0.0184. The molecule has 0 N–H and O–H groups in total. The van der Waals surface area contributed by atoms with E-state index in [9.17, 15) is 4.79 Å². The molecule has 76 valence electrons. The Morgan fingerprint density at radius 3 is 2.57 bits per heavy atom. The van der Waals surface area contributed by atoms with Crippen molar-refractivity contribution >= 4 is 5.78 Å². The zero-order valence-electron chi connectivity index (χ0n) is 9.42. The van der Waals surface area contributed by atoms with E-state index in [1.165, 1.54) is 5.57 Å².